The van der Waals surface area contributed by atoms with Crippen LogP contribution in [0.2, 0.25) is 0 Å². The van der Waals surface area contributed by atoms with Crippen LogP contribution in [0.1, 0.15) is 49.5 Å². The minimum atomic E-state index is 0.246. The minimum absolute atomic E-state index is 0.246. The molecule has 0 aliphatic carbocycles. The second-order valence-corrected chi connectivity index (χ2v) is 6.50. The van der Waals surface area contributed by atoms with Crippen molar-refractivity contribution in [3.05, 3.63) is 21.9 Å². The van der Waals surface area contributed by atoms with Crippen LogP contribution in [-0.2, 0) is 11.2 Å². The van der Waals surface area contributed by atoms with E-state index >= 15 is 0 Å². The van der Waals surface area contributed by atoms with Crippen LogP contribution in [-0.4, -0.2) is 19.7 Å². The highest BCUT2D eigenvalue weighted by atomic mass is 32.1. The SMILES string of the molecule is CCc1ccc(C2CNCC(CC)(CC)CO2)s1. The molecule has 0 amide bonds. The first kappa shape index (κ1) is 14.0. The quantitative estimate of drug-likeness (QED) is 0.896. The van der Waals surface area contributed by atoms with E-state index in [4.69, 9.17) is 4.74 Å². The van der Waals surface area contributed by atoms with Crippen molar-refractivity contribution in [2.75, 3.05) is 19.7 Å². The summed E-state index contributed by atoms with van der Waals surface area (Å²) in [6.45, 7) is 9.68. The molecule has 1 unspecified atom stereocenters. The highest BCUT2D eigenvalue weighted by Gasteiger charge is 2.31. The molecule has 3 heteroatoms. The van der Waals surface area contributed by atoms with E-state index in [9.17, 15) is 0 Å². The lowest BCUT2D eigenvalue weighted by Gasteiger charge is -2.29. The third-order valence-electron chi connectivity index (χ3n) is 4.27. The minimum Gasteiger partial charge on any atom is -0.371 e. The van der Waals surface area contributed by atoms with E-state index in [0.717, 1.165) is 26.1 Å². The van der Waals surface area contributed by atoms with Crippen LogP contribution < -0.4 is 5.32 Å². The summed E-state index contributed by atoms with van der Waals surface area (Å²) in [4.78, 5) is 2.83. The fourth-order valence-electron chi connectivity index (χ4n) is 2.50. The molecule has 1 aliphatic heterocycles. The first-order valence-electron chi connectivity index (χ1n) is 7.14. The molecule has 1 N–H and O–H groups in total. The molecule has 0 saturated carbocycles. The standard InChI is InChI=1S/C15H25NOS/c1-4-12-7-8-14(18-12)13-9-16-10-15(5-2,6-3)11-17-13/h7-8,13,16H,4-6,9-11H2,1-3H3. The Hall–Kier alpha value is -0.380. The van der Waals surface area contributed by atoms with E-state index in [-0.39, 0.29) is 6.10 Å². The van der Waals surface area contributed by atoms with E-state index in [1.807, 2.05) is 11.3 Å². The number of aryl methyl sites for hydroxylation is 1. The van der Waals surface area contributed by atoms with Crippen molar-refractivity contribution in [3.8, 4) is 0 Å². The van der Waals surface area contributed by atoms with Crippen molar-refractivity contribution in [2.45, 2.75) is 46.1 Å². The van der Waals surface area contributed by atoms with E-state index in [2.05, 4.69) is 38.2 Å². The number of hydrogen-bond acceptors (Lipinski definition) is 3. The van der Waals surface area contributed by atoms with Gasteiger partial charge in [0.05, 0.1) is 6.61 Å². The fraction of sp³-hybridized carbons (Fsp3) is 0.733. The van der Waals surface area contributed by atoms with Crippen LogP contribution in [0.25, 0.3) is 0 Å². The first-order valence-corrected chi connectivity index (χ1v) is 7.95. The van der Waals surface area contributed by atoms with Crippen LogP contribution in [0.3, 0.4) is 0 Å². The molecule has 0 radical (unpaired) electrons. The molecule has 18 heavy (non-hydrogen) atoms. The maximum atomic E-state index is 6.19. The third kappa shape index (κ3) is 2.95. The van der Waals surface area contributed by atoms with Gasteiger partial charge in [-0.1, -0.05) is 20.8 Å². The summed E-state index contributed by atoms with van der Waals surface area (Å²) in [5.74, 6) is 0. The van der Waals surface area contributed by atoms with Crippen molar-refractivity contribution in [1.82, 2.24) is 5.32 Å². The Labute approximate surface area is 115 Å². The van der Waals surface area contributed by atoms with Gasteiger partial charge in [0.1, 0.15) is 6.10 Å². The maximum Gasteiger partial charge on any atom is 0.104 e. The first-order chi connectivity index (χ1) is 8.73. The van der Waals surface area contributed by atoms with Gasteiger partial charge in [-0.15, -0.1) is 11.3 Å². The lowest BCUT2D eigenvalue weighted by Crippen LogP contribution is -2.34. The monoisotopic (exact) mass is 267 g/mol. The van der Waals surface area contributed by atoms with Gasteiger partial charge >= 0.3 is 0 Å². The van der Waals surface area contributed by atoms with E-state index < -0.39 is 0 Å². The summed E-state index contributed by atoms with van der Waals surface area (Å²) in [5.41, 5.74) is 0.333. The molecule has 1 fully saturated rings. The molecule has 2 rings (SSSR count). The average Bonchev–Trinajstić information content (AvgIpc) is 2.79. The molecule has 0 aromatic carbocycles. The lowest BCUT2D eigenvalue weighted by molar-refractivity contribution is 0.0119. The molecule has 102 valence electrons. The fourth-order valence-corrected chi connectivity index (χ4v) is 3.50. The summed E-state index contributed by atoms with van der Waals surface area (Å²) in [6, 6.07) is 4.47. The molecule has 1 aromatic rings. The Balaban J connectivity index is 2.04. The van der Waals surface area contributed by atoms with E-state index in [1.54, 1.807) is 0 Å². The molecular weight excluding hydrogens is 242 g/mol. The Morgan fingerprint density at radius 3 is 2.72 bits per heavy atom. The van der Waals surface area contributed by atoms with Crippen molar-refractivity contribution in [2.24, 2.45) is 5.41 Å². The molecular formula is C15H25NOS. The van der Waals surface area contributed by atoms with Crippen LogP contribution in [0, 0.1) is 5.41 Å². The zero-order valence-electron chi connectivity index (χ0n) is 11.8. The van der Waals surface area contributed by atoms with Gasteiger partial charge < -0.3 is 10.1 Å². The zero-order chi connectivity index (χ0) is 13.0. The van der Waals surface area contributed by atoms with Crippen molar-refractivity contribution in [1.29, 1.82) is 0 Å². The van der Waals surface area contributed by atoms with Crippen LogP contribution in [0.4, 0.5) is 0 Å². The van der Waals surface area contributed by atoms with Gasteiger partial charge in [-0.3, -0.25) is 0 Å². The van der Waals surface area contributed by atoms with Gasteiger partial charge in [-0.2, -0.15) is 0 Å². The molecule has 1 aromatic heterocycles. The van der Waals surface area contributed by atoms with Gasteiger partial charge in [0.25, 0.3) is 0 Å². The number of hydrogen-bond donors (Lipinski definition) is 1. The summed E-state index contributed by atoms with van der Waals surface area (Å²) < 4.78 is 6.19. The normalized spacial score (nSPS) is 23.8. The smallest absolute Gasteiger partial charge is 0.104 e. The summed E-state index contributed by atoms with van der Waals surface area (Å²) in [7, 11) is 0. The van der Waals surface area contributed by atoms with Crippen LogP contribution >= 0.6 is 11.3 Å². The molecule has 1 aliphatic rings. The van der Waals surface area contributed by atoms with Crippen molar-refractivity contribution < 1.29 is 4.74 Å². The summed E-state index contributed by atoms with van der Waals surface area (Å²) >= 11 is 1.90. The molecule has 2 nitrogen and oxygen atoms in total. The third-order valence-corrected chi connectivity index (χ3v) is 5.59. The van der Waals surface area contributed by atoms with Gasteiger partial charge in [0.2, 0.25) is 0 Å². The van der Waals surface area contributed by atoms with Crippen molar-refractivity contribution in [3.63, 3.8) is 0 Å². The van der Waals surface area contributed by atoms with Gasteiger partial charge in [0.15, 0.2) is 0 Å². The van der Waals surface area contributed by atoms with Crippen LogP contribution in [0.5, 0.6) is 0 Å². The Bertz CT molecular complexity index is 370. The van der Waals surface area contributed by atoms with Gasteiger partial charge in [-0.05, 0) is 31.4 Å². The highest BCUT2D eigenvalue weighted by Crippen LogP contribution is 2.33. The van der Waals surface area contributed by atoms with Crippen LogP contribution in [0.15, 0.2) is 12.1 Å². The largest absolute Gasteiger partial charge is 0.371 e. The van der Waals surface area contributed by atoms with E-state index in [0.29, 0.717) is 5.41 Å². The second kappa shape index (κ2) is 6.18. The average molecular weight is 267 g/mol. The Morgan fingerprint density at radius 1 is 1.33 bits per heavy atom. The molecule has 1 atom stereocenters. The number of nitrogens with one attached hydrogen (secondary N) is 1. The summed E-state index contributed by atoms with van der Waals surface area (Å²) in [6.07, 6.45) is 3.75. The molecule has 2 heterocycles. The molecule has 0 bridgehead atoms. The topological polar surface area (TPSA) is 21.3 Å². The number of thiophene rings is 1. The number of ether oxygens (including phenoxy) is 1. The zero-order valence-corrected chi connectivity index (χ0v) is 12.6. The highest BCUT2D eigenvalue weighted by molar-refractivity contribution is 7.12. The predicted molar refractivity (Wildman–Crippen MR) is 78.3 cm³/mol. The molecule has 0 spiro atoms. The van der Waals surface area contributed by atoms with Crippen molar-refractivity contribution >= 4 is 11.3 Å². The summed E-state index contributed by atoms with van der Waals surface area (Å²) in [5, 5.41) is 3.60. The number of rotatable bonds is 4. The molecule has 1 saturated heterocycles. The maximum absolute atomic E-state index is 6.19. The Kier molecular flexibility index (Phi) is 4.82. The second-order valence-electron chi connectivity index (χ2n) is 5.30. The van der Waals surface area contributed by atoms with Gasteiger partial charge in [-0.25, -0.2) is 0 Å². The van der Waals surface area contributed by atoms with E-state index in [1.165, 1.54) is 22.6 Å². The predicted octanol–water partition coefficient (Wildman–Crippen LogP) is 3.78. The Morgan fingerprint density at radius 2 is 2.11 bits per heavy atom. The van der Waals surface area contributed by atoms with Gasteiger partial charge in [0, 0.05) is 28.3 Å². The lowest BCUT2D eigenvalue weighted by atomic mass is 9.83.